The molecule has 0 saturated carbocycles. The second-order valence-electron chi connectivity index (χ2n) is 4.71. The van der Waals surface area contributed by atoms with Gasteiger partial charge in [-0.2, -0.15) is 0 Å². The Hall–Kier alpha value is -1.63. The van der Waals surface area contributed by atoms with Gasteiger partial charge in [0.2, 0.25) is 5.91 Å². The fraction of sp³-hybridized carbons (Fsp3) is 0.500. The molecule has 0 aromatic heterocycles. The van der Waals surface area contributed by atoms with E-state index in [0.29, 0.717) is 36.8 Å². The van der Waals surface area contributed by atoms with Gasteiger partial charge in [0.15, 0.2) is 0 Å². The Labute approximate surface area is 117 Å². The van der Waals surface area contributed by atoms with Crippen LogP contribution in [0.2, 0.25) is 0 Å². The molecule has 2 unspecified atom stereocenters. The lowest BCUT2D eigenvalue weighted by molar-refractivity contribution is -0.120. The smallest absolute Gasteiger partial charge is 0.231 e. The molecule has 6 heteroatoms. The van der Waals surface area contributed by atoms with Crippen LogP contribution in [0.5, 0.6) is 5.75 Å². The molecule has 0 radical (unpaired) electrons. The Kier molecular flexibility index (Phi) is 4.94. The van der Waals surface area contributed by atoms with Gasteiger partial charge in [0.05, 0.1) is 32.3 Å². The number of ether oxygens (including phenoxy) is 2. The second-order valence-corrected chi connectivity index (χ2v) is 4.71. The van der Waals surface area contributed by atoms with Crippen molar-refractivity contribution in [2.24, 2.45) is 11.7 Å². The van der Waals surface area contributed by atoms with Gasteiger partial charge in [0.25, 0.3) is 0 Å². The monoisotopic (exact) mass is 280 g/mol. The minimum atomic E-state index is -0.334. The predicted molar refractivity (Wildman–Crippen MR) is 74.4 cm³/mol. The van der Waals surface area contributed by atoms with E-state index in [1.54, 1.807) is 18.2 Å². The Morgan fingerprint density at radius 1 is 1.55 bits per heavy atom. The molecule has 110 valence electrons. The summed E-state index contributed by atoms with van der Waals surface area (Å²) in [5.41, 5.74) is 7.06. The number of rotatable bonds is 5. The highest BCUT2D eigenvalue weighted by Crippen LogP contribution is 2.24. The van der Waals surface area contributed by atoms with Crippen molar-refractivity contribution in [3.8, 4) is 5.75 Å². The number of hydrogen-bond acceptors (Lipinski definition) is 5. The van der Waals surface area contributed by atoms with Gasteiger partial charge >= 0.3 is 0 Å². The van der Waals surface area contributed by atoms with Crippen LogP contribution in [0.15, 0.2) is 18.2 Å². The van der Waals surface area contributed by atoms with Crippen molar-refractivity contribution in [1.82, 2.24) is 0 Å². The molecule has 1 aromatic rings. The van der Waals surface area contributed by atoms with E-state index in [4.69, 9.17) is 15.2 Å². The van der Waals surface area contributed by atoms with Crippen molar-refractivity contribution in [2.45, 2.75) is 19.6 Å². The minimum Gasteiger partial charge on any atom is -0.494 e. The summed E-state index contributed by atoms with van der Waals surface area (Å²) in [5.74, 6) is 0.121. The zero-order valence-electron chi connectivity index (χ0n) is 11.5. The van der Waals surface area contributed by atoms with Crippen molar-refractivity contribution >= 4 is 11.6 Å². The lowest BCUT2D eigenvalue weighted by Gasteiger charge is -2.15. The molecule has 0 spiro atoms. The first-order valence-electron chi connectivity index (χ1n) is 6.66. The molecule has 2 rings (SSSR count). The number of nitrogens with one attached hydrogen (secondary N) is 1. The van der Waals surface area contributed by atoms with Gasteiger partial charge in [-0.15, -0.1) is 0 Å². The first kappa shape index (κ1) is 14.8. The van der Waals surface area contributed by atoms with Gasteiger partial charge in [0, 0.05) is 17.3 Å². The van der Waals surface area contributed by atoms with Gasteiger partial charge in [-0.3, -0.25) is 4.79 Å². The van der Waals surface area contributed by atoms with Crippen LogP contribution in [0.4, 0.5) is 5.69 Å². The zero-order chi connectivity index (χ0) is 14.5. The van der Waals surface area contributed by atoms with Crippen LogP contribution in [-0.2, 0) is 16.1 Å². The van der Waals surface area contributed by atoms with E-state index >= 15 is 0 Å². The molecule has 1 amide bonds. The number of nitrogens with two attached hydrogens (primary N) is 1. The lowest BCUT2D eigenvalue weighted by Crippen LogP contribution is -2.37. The van der Waals surface area contributed by atoms with E-state index in [0.717, 1.165) is 0 Å². The van der Waals surface area contributed by atoms with Crippen molar-refractivity contribution < 1.29 is 19.4 Å². The van der Waals surface area contributed by atoms with Gasteiger partial charge in [-0.05, 0) is 25.1 Å². The fourth-order valence-electron chi connectivity index (χ4n) is 2.15. The molecule has 4 N–H and O–H groups in total. The summed E-state index contributed by atoms with van der Waals surface area (Å²) in [6, 6.07) is 4.90. The number of hydrogen-bond donors (Lipinski definition) is 3. The molecule has 20 heavy (non-hydrogen) atoms. The van der Waals surface area contributed by atoms with Gasteiger partial charge in [0.1, 0.15) is 5.75 Å². The molecular weight excluding hydrogens is 260 g/mol. The average molecular weight is 280 g/mol. The minimum absolute atomic E-state index is 0.148. The normalized spacial score (nSPS) is 21.8. The molecule has 1 heterocycles. The molecule has 0 aliphatic carbocycles. The van der Waals surface area contributed by atoms with Crippen molar-refractivity contribution in [3.63, 3.8) is 0 Å². The van der Waals surface area contributed by atoms with Crippen molar-refractivity contribution in [1.29, 1.82) is 0 Å². The quantitative estimate of drug-likeness (QED) is 0.730. The van der Waals surface area contributed by atoms with E-state index in [-0.39, 0.29) is 24.5 Å². The number of benzene rings is 1. The van der Waals surface area contributed by atoms with E-state index in [9.17, 15) is 9.90 Å². The molecule has 1 saturated heterocycles. The van der Waals surface area contributed by atoms with E-state index in [2.05, 4.69) is 5.32 Å². The third-order valence-corrected chi connectivity index (χ3v) is 3.26. The van der Waals surface area contributed by atoms with Crippen LogP contribution < -0.4 is 15.8 Å². The third-order valence-electron chi connectivity index (χ3n) is 3.26. The Morgan fingerprint density at radius 2 is 2.35 bits per heavy atom. The van der Waals surface area contributed by atoms with Crippen molar-refractivity contribution in [3.05, 3.63) is 23.8 Å². The largest absolute Gasteiger partial charge is 0.494 e. The topological polar surface area (TPSA) is 93.8 Å². The number of amides is 1. The average Bonchev–Trinajstić information content (AvgIpc) is 2.87. The third kappa shape index (κ3) is 3.27. The molecule has 1 aromatic carbocycles. The van der Waals surface area contributed by atoms with Crippen LogP contribution >= 0.6 is 0 Å². The van der Waals surface area contributed by atoms with E-state index in [1.165, 1.54) is 0 Å². The van der Waals surface area contributed by atoms with Crippen molar-refractivity contribution in [2.75, 3.05) is 25.1 Å². The van der Waals surface area contributed by atoms with Crippen LogP contribution in [-0.4, -0.2) is 36.9 Å². The summed E-state index contributed by atoms with van der Waals surface area (Å²) in [5, 5.41) is 12.1. The van der Waals surface area contributed by atoms with Gasteiger partial charge < -0.3 is 25.6 Å². The maximum Gasteiger partial charge on any atom is 0.231 e. The van der Waals surface area contributed by atoms with Crippen LogP contribution in [0, 0.1) is 5.92 Å². The van der Waals surface area contributed by atoms with Gasteiger partial charge in [-0.25, -0.2) is 0 Å². The summed E-state index contributed by atoms with van der Waals surface area (Å²) in [7, 11) is 0. The highest BCUT2D eigenvalue weighted by molar-refractivity contribution is 5.93. The fourth-order valence-corrected chi connectivity index (χ4v) is 2.15. The first-order valence-corrected chi connectivity index (χ1v) is 6.66. The lowest BCUT2D eigenvalue weighted by atomic mass is 10.0. The Morgan fingerprint density at radius 3 is 2.95 bits per heavy atom. The molecule has 2 atom stereocenters. The maximum atomic E-state index is 12.1. The molecule has 0 bridgehead atoms. The first-order chi connectivity index (χ1) is 9.65. The van der Waals surface area contributed by atoms with E-state index < -0.39 is 0 Å². The summed E-state index contributed by atoms with van der Waals surface area (Å²) >= 11 is 0. The summed E-state index contributed by atoms with van der Waals surface area (Å²) in [4.78, 5) is 12.1. The van der Waals surface area contributed by atoms with Crippen LogP contribution in [0.3, 0.4) is 0 Å². The number of carbonyl (C=O) groups is 1. The summed E-state index contributed by atoms with van der Waals surface area (Å²) < 4.78 is 10.6. The van der Waals surface area contributed by atoms with E-state index in [1.807, 2.05) is 6.92 Å². The Balaban J connectivity index is 2.07. The summed E-state index contributed by atoms with van der Waals surface area (Å²) in [6.45, 7) is 3.00. The SMILES string of the molecule is CCOc1ccc(NC(=O)C2COCC2N)cc1CO. The molecule has 1 aliphatic heterocycles. The number of carbonyl (C=O) groups excluding carboxylic acids is 1. The number of anilines is 1. The standard InChI is InChI=1S/C14H20N2O4/c1-2-20-13-4-3-10(5-9(13)6-17)16-14(18)11-7-19-8-12(11)15/h3-5,11-12,17H,2,6-8,15H2,1H3,(H,16,18). The maximum absolute atomic E-state index is 12.1. The second kappa shape index (κ2) is 6.69. The zero-order valence-corrected chi connectivity index (χ0v) is 11.5. The summed E-state index contributed by atoms with van der Waals surface area (Å²) in [6.07, 6.45) is 0. The van der Waals surface area contributed by atoms with Crippen LogP contribution in [0.1, 0.15) is 12.5 Å². The number of aliphatic hydroxyl groups excluding tert-OH is 1. The highest BCUT2D eigenvalue weighted by atomic mass is 16.5. The highest BCUT2D eigenvalue weighted by Gasteiger charge is 2.31. The molecule has 1 fully saturated rings. The molecular formula is C14H20N2O4. The Bertz CT molecular complexity index is 478. The number of aliphatic hydroxyl groups is 1. The molecule has 1 aliphatic rings. The van der Waals surface area contributed by atoms with Crippen LogP contribution in [0.25, 0.3) is 0 Å². The molecule has 6 nitrogen and oxygen atoms in total. The van der Waals surface area contributed by atoms with Gasteiger partial charge in [-0.1, -0.05) is 0 Å². The predicted octanol–water partition coefficient (Wildman–Crippen LogP) is 0.490.